The highest BCUT2D eigenvalue weighted by Gasteiger charge is 2.68. The van der Waals surface area contributed by atoms with Crippen molar-refractivity contribution in [3.63, 3.8) is 0 Å². The number of rotatable bonds is 16. The lowest BCUT2D eigenvalue weighted by molar-refractivity contribution is -0.121. The van der Waals surface area contributed by atoms with Gasteiger partial charge in [-0.15, -0.1) is 0 Å². The molecule has 0 aromatic heterocycles. The van der Waals surface area contributed by atoms with Crippen molar-refractivity contribution in [2.45, 2.75) is 48.3 Å². The van der Waals surface area contributed by atoms with Crippen LogP contribution in [0.5, 0.6) is 0 Å². The van der Waals surface area contributed by atoms with Gasteiger partial charge in [0.25, 0.3) is 0 Å². The summed E-state index contributed by atoms with van der Waals surface area (Å²) in [6.45, 7) is 14.7. The van der Waals surface area contributed by atoms with E-state index in [-0.39, 0.29) is 34.5 Å². The molecule has 4 aromatic rings. The average Bonchev–Trinajstić information content (AvgIpc) is 4.22. The molecule has 6 aliphatic rings. The lowest BCUT2D eigenvalue weighted by Gasteiger charge is -2.26. The van der Waals surface area contributed by atoms with E-state index in [0.29, 0.717) is 13.1 Å². The summed E-state index contributed by atoms with van der Waals surface area (Å²) in [5.41, 5.74) is 6.17. The summed E-state index contributed by atoms with van der Waals surface area (Å²) in [5.74, 6) is 0.988. The quantitative estimate of drug-likeness (QED) is 0.118. The van der Waals surface area contributed by atoms with Crippen molar-refractivity contribution in [3.05, 3.63) is 129 Å². The molecule has 4 heterocycles. The van der Waals surface area contributed by atoms with Gasteiger partial charge in [-0.1, -0.05) is 83.9 Å². The number of carbonyl (C=O) groups is 2. The van der Waals surface area contributed by atoms with Gasteiger partial charge in [0.15, 0.2) is 0 Å². The second-order valence-electron chi connectivity index (χ2n) is 17.6. The van der Waals surface area contributed by atoms with Crippen LogP contribution in [-0.4, -0.2) is 127 Å². The number of para-hydroxylation sites is 2. The molecule has 0 bridgehead atoms. The van der Waals surface area contributed by atoms with Crippen molar-refractivity contribution in [2.75, 3.05) is 115 Å². The van der Waals surface area contributed by atoms with E-state index in [2.05, 4.69) is 81.1 Å². The Morgan fingerprint density at radius 3 is 1.31 bits per heavy atom. The van der Waals surface area contributed by atoms with Gasteiger partial charge in [0.2, 0.25) is 11.8 Å². The number of fused-ring (bicyclic) bond motifs is 4. The van der Waals surface area contributed by atoms with E-state index in [9.17, 15) is 9.59 Å². The maximum absolute atomic E-state index is 13.6. The predicted molar refractivity (Wildman–Crippen MR) is 248 cm³/mol. The Morgan fingerprint density at radius 2 is 0.903 bits per heavy atom. The lowest BCUT2D eigenvalue weighted by atomic mass is 9.92. The number of nitrogens with one attached hydrogen (secondary N) is 2. The highest BCUT2D eigenvalue weighted by molar-refractivity contribution is 6.30. The highest BCUT2D eigenvalue weighted by atomic mass is 35.5. The first-order chi connectivity index (χ1) is 30.4. The van der Waals surface area contributed by atoms with Crippen LogP contribution >= 0.6 is 23.2 Å². The molecule has 10 rings (SSSR count). The number of hydrogen-bond acceptors (Lipinski definition) is 8. The molecule has 10 nitrogen and oxygen atoms in total. The van der Waals surface area contributed by atoms with E-state index >= 15 is 0 Å². The zero-order valence-corrected chi connectivity index (χ0v) is 37.2. The zero-order chi connectivity index (χ0) is 42.5. The molecule has 2 N–H and O–H groups in total. The smallest absolute Gasteiger partial charge is 0.238 e. The molecule has 2 saturated heterocycles. The van der Waals surface area contributed by atoms with Gasteiger partial charge in [0.1, 0.15) is 0 Å². The molecule has 2 spiro atoms. The van der Waals surface area contributed by atoms with Crippen LogP contribution in [-0.2, 0) is 29.9 Å². The number of hydrogen-bond donors (Lipinski definition) is 2. The summed E-state index contributed by atoms with van der Waals surface area (Å²) >= 11 is 12.1. The Kier molecular flexibility index (Phi) is 13.7. The fraction of sp³-hybridized carbons (Fsp3) is 0.480. The van der Waals surface area contributed by atoms with Crippen LogP contribution in [0, 0.1) is 0 Å². The van der Waals surface area contributed by atoms with Gasteiger partial charge in [-0.3, -0.25) is 19.4 Å². The summed E-state index contributed by atoms with van der Waals surface area (Å²) in [6.07, 6.45) is 4.00. The number of morpholine rings is 2. The molecular formula is C50H60Cl2N6O4. The number of carbonyl (C=O) groups excluding carboxylic acids is 2. The zero-order valence-electron chi connectivity index (χ0n) is 35.7. The van der Waals surface area contributed by atoms with E-state index in [4.69, 9.17) is 32.7 Å². The number of ether oxygens (including phenoxy) is 2. The molecule has 12 heteroatoms. The largest absolute Gasteiger partial charge is 0.379 e. The highest BCUT2D eigenvalue weighted by Crippen LogP contribution is 2.67. The fourth-order valence-electron chi connectivity index (χ4n) is 10.5. The van der Waals surface area contributed by atoms with Crippen molar-refractivity contribution in [3.8, 4) is 0 Å². The van der Waals surface area contributed by atoms with Crippen molar-refractivity contribution in [1.29, 1.82) is 0 Å². The van der Waals surface area contributed by atoms with Gasteiger partial charge in [0.05, 0.1) is 37.3 Å². The number of benzene rings is 4. The van der Waals surface area contributed by atoms with Crippen molar-refractivity contribution >= 4 is 46.4 Å². The molecule has 62 heavy (non-hydrogen) atoms. The topological polar surface area (TPSA) is 89.6 Å². The monoisotopic (exact) mass is 878 g/mol. The molecule has 2 aliphatic carbocycles. The normalized spacial score (nSPS) is 25.3. The van der Waals surface area contributed by atoms with Crippen molar-refractivity contribution in [1.82, 2.24) is 20.4 Å². The van der Waals surface area contributed by atoms with E-state index in [1.165, 1.54) is 22.3 Å². The van der Waals surface area contributed by atoms with Crippen LogP contribution in [0.4, 0.5) is 11.4 Å². The van der Waals surface area contributed by atoms with Gasteiger partial charge in [0, 0.05) is 85.6 Å². The van der Waals surface area contributed by atoms with Crippen LogP contribution in [0.15, 0.2) is 97.1 Å². The van der Waals surface area contributed by atoms with Crippen LogP contribution in [0.3, 0.4) is 0 Å². The summed E-state index contributed by atoms with van der Waals surface area (Å²) in [6, 6.07) is 32.6. The van der Waals surface area contributed by atoms with Gasteiger partial charge in [-0.2, -0.15) is 0 Å². The maximum Gasteiger partial charge on any atom is 0.238 e. The van der Waals surface area contributed by atoms with E-state index in [0.717, 1.165) is 139 Å². The Hall–Kier alpha value is -3.84. The third-order valence-electron chi connectivity index (χ3n) is 14.0. The molecule has 0 radical (unpaired) electrons. The van der Waals surface area contributed by atoms with Gasteiger partial charge in [-0.25, -0.2) is 0 Å². The number of nitrogens with zero attached hydrogens (tertiary/aromatic N) is 4. The molecule has 2 saturated carbocycles. The van der Waals surface area contributed by atoms with E-state index < -0.39 is 0 Å². The van der Waals surface area contributed by atoms with Crippen LogP contribution in [0.2, 0.25) is 10.0 Å². The van der Waals surface area contributed by atoms with Gasteiger partial charge in [-0.05, 0) is 111 Å². The molecule has 328 valence electrons. The summed E-state index contributed by atoms with van der Waals surface area (Å²) in [5, 5.41) is 8.54. The summed E-state index contributed by atoms with van der Waals surface area (Å²) in [4.78, 5) is 36.1. The minimum absolute atomic E-state index is 0.241. The molecule has 4 aromatic carbocycles. The van der Waals surface area contributed by atoms with E-state index in [1.54, 1.807) is 0 Å². The van der Waals surface area contributed by atoms with Gasteiger partial charge >= 0.3 is 0 Å². The Labute approximate surface area is 376 Å². The molecule has 4 fully saturated rings. The number of halogens is 2. The number of anilines is 2. The lowest BCUT2D eigenvalue weighted by Crippen LogP contribution is -2.39. The Balaban J connectivity index is 0.000000158. The third kappa shape index (κ3) is 8.95. The predicted octanol–water partition coefficient (Wildman–Crippen LogP) is 6.85. The Morgan fingerprint density at radius 1 is 0.516 bits per heavy atom. The first-order valence-corrected chi connectivity index (χ1v) is 23.5. The first-order valence-electron chi connectivity index (χ1n) is 22.8. The second-order valence-corrected chi connectivity index (χ2v) is 18.5. The third-order valence-corrected chi connectivity index (χ3v) is 14.5. The molecule has 4 aliphatic heterocycles. The molecule has 4 atom stereocenters. The maximum atomic E-state index is 13.6. The van der Waals surface area contributed by atoms with E-state index in [1.807, 2.05) is 46.2 Å². The average molecular weight is 880 g/mol. The molecule has 0 unspecified atom stereocenters. The van der Waals surface area contributed by atoms with Crippen LogP contribution in [0.1, 0.15) is 59.8 Å². The second kappa shape index (κ2) is 19.5. The van der Waals surface area contributed by atoms with Gasteiger partial charge < -0.3 is 29.9 Å². The molecule has 2 amide bonds. The summed E-state index contributed by atoms with van der Waals surface area (Å²) in [7, 11) is 0. The standard InChI is InChI=1S/2C25H30ClN3O2/c2*26-20-8-6-19(7-9-20)22-18-25(22)21-4-1-2-5-23(21)29(24(25)30)13-11-27-10-3-12-28-14-16-31-17-15-28/h2*1-2,4-9,22,27H,3,10-18H2/t2*22-,25-/m10/s1. The van der Waals surface area contributed by atoms with Crippen molar-refractivity contribution in [2.24, 2.45) is 0 Å². The SMILES string of the molecule is O=C1N(CCNCCCN2CCOCC2)c2ccccc2[C@@]12C[C@@H]2c1ccc(Cl)cc1.O=C1N(CCNCCCN2CCOCC2)c2ccccc2[C@]12C[C@H]2c1ccc(Cl)cc1. The Bertz CT molecular complexity index is 2010. The minimum Gasteiger partial charge on any atom is -0.379 e. The fourth-order valence-corrected chi connectivity index (χ4v) is 10.7. The van der Waals surface area contributed by atoms with Crippen LogP contribution in [0.25, 0.3) is 0 Å². The summed E-state index contributed by atoms with van der Waals surface area (Å²) < 4.78 is 10.8. The first kappa shape index (κ1) is 43.4. The van der Waals surface area contributed by atoms with Crippen LogP contribution < -0.4 is 20.4 Å². The van der Waals surface area contributed by atoms with Crippen molar-refractivity contribution < 1.29 is 19.1 Å². The molecular weight excluding hydrogens is 819 g/mol. The number of amides is 2. The minimum atomic E-state index is -0.388.